The van der Waals surface area contributed by atoms with Crippen LogP contribution in [-0.2, 0) is 4.74 Å². The normalized spacial score (nSPS) is 23.8. The van der Waals surface area contributed by atoms with Crippen LogP contribution in [0.2, 0.25) is 0 Å². The lowest BCUT2D eigenvalue weighted by atomic mass is 9.90. The standard InChI is InChI=1S/C17H28N2O3/c1-12(13-9-10-21-11-13)18-14-5-7-15(8-6-14)19-16(20)22-17(2,3)4/h9-12,14-15,18H,5-8H2,1-4H3,(H,19,20). The molecule has 1 saturated carbocycles. The van der Waals surface area contributed by atoms with Gasteiger partial charge in [0.1, 0.15) is 5.60 Å². The molecule has 2 rings (SSSR count). The Morgan fingerprint density at radius 1 is 1.27 bits per heavy atom. The highest BCUT2D eigenvalue weighted by molar-refractivity contribution is 5.68. The van der Waals surface area contributed by atoms with Crippen LogP contribution in [-0.4, -0.2) is 23.8 Å². The summed E-state index contributed by atoms with van der Waals surface area (Å²) in [5.41, 5.74) is 0.733. The lowest BCUT2D eigenvalue weighted by Crippen LogP contribution is -2.44. The third kappa shape index (κ3) is 5.37. The van der Waals surface area contributed by atoms with E-state index in [1.165, 1.54) is 5.56 Å². The van der Waals surface area contributed by atoms with Crippen LogP contribution in [0.4, 0.5) is 4.79 Å². The van der Waals surface area contributed by atoms with Crippen molar-refractivity contribution in [3.05, 3.63) is 24.2 Å². The fourth-order valence-corrected chi connectivity index (χ4v) is 2.85. The molecule has 1 aromatic rings. The Balaban J connectivity index is 1.70. The van der Waals surface area contributed by atoms with Crippen molar-refractivity contribution < 1.29 is 13.9 Å². The van der Waals surface area contributed by atoms with E-state index in [-0.39, 0.29) is 12.1 Å². The molecular weight excluding hydrogens is 280 g/mol. The molecule has 1 aromatic heterocycles. The van der Waals surface area contributed by atoms with Crippen molar-refractivity contribution >= 4 is 6.09 Å². The minimum absolute atomic E-state index is 0.220. The van der Waals surface area contributed by atoms with Crippen LogP contribution in [0, 0.1) is 0 Å². The first kappa shape index (κ1) is 16.9. The van der Waals surface area contributed by atoms with Gasteiger partial charge in [-0.15, -0.1) is 0 Å². The van der Waals surface area contributed by atoms with Crippen LogP contribution in [0.3, 0.4) is 0 Å². The van der Waals surface area contributed by atoms with E-state index in [1.54, 1.807) is 12.5 Å². The van der Waals surface area contributed by atoms with Crippen LogP contribution in [0.1, 0.15) is 65.0 Å². The highest BCUT2D eigenvalue weighted by Crippen LogP contribution is 2.22. The van der Waals surface area contributed by atoms with Gasteiger partial charge < -0.3 is 19.8 Å². The molecule has 0 bridgehead atoms. The number of nitrogens with one attached hydrogen (secondary N) is 2. The Labute approximate surface area is 132 Å². The Morgan fingerprint density at radius 2 is 1.91 bits per heavy atom. The van der Waals surface area contributed by atoms with E-state index in [0.29, 0.717) is 12.1 Å². The van der Waals surface area contributed by atoms with E-state index in [2.05, 4.69) is 17.6 Å². The lowest BCUT2D eigenvalue weighted by Gasteiger charge is -2.32. The number of hydrogen-bond acceptors (Lipinski definition) is 4. The highest BCUT2D eigenvalue weighted by atomic mass is 16.6. The summed E-state index contributed by atoms with van der Waals surface area (Å²) in [5.74, 6) is 0. The predicted molar refractivity (Wildman–Crippen MR) is 85.7 cm³/mol. The van der Waals surface area contributed by atoms with Crippen LogP contribution in [0.5, 0.6) is 0 Å². The van der Waals surface area contributed by atoms with E-state index < -0.39 is 5.60 Å². The molecule has 22 heavy (non-hydrogen) atoms. The molecule has 0 spiro atoms. The summed E-state index contributed by atoms with van der Waals surface area (Å²) in [6, 6.07) is 2.99. The Bertz CT molecular complexity index is 457. The van der Waals surface area contributed by atoms with Gasteiger partial charge >= 0.3 is 6.09 Å². The largest absolute Gasteiger partial charge is 0.472 e. The Kier molecular flexibility index (Phi) is 5.51. The van der Waals surface area contributed by atoms with Crippen molar-refractivity contribution in [1.29, 1.82) is 0 Å². The van der Waals surface area contributed by atoms with Crippen LogP contribution in [0.25, 0.3) is 0 Å². The molecular formula is C17H28N2O3. The van der Waals surface area contributed by atoms with Gasteiger partial charge in [-0.25, -0.2) is 4.79 Å². The maximum atomic E-state index is 11.8. The number of carbonyl (C=O) groups excluding carboxylic acids is 1. The molecule has 1 aliphatic carbocycles. The summed E-state index contributed by atoms with van der Waals surface area (Å²) in [4.78, 5) is 11.8. The zero-order chi connectivity index (χ0) is 16.2. The smallest absolute Gasteiger partial charge is 0.407 e. The molecule has 2 N–H and O–H groups in total. The SMILES string of the molecule is CC(NC1CCC(NC(=O)OC(C)(C)C)CC1)c1ccoc1. The summed E-state index contributed by atoms with van der Waals surface area (Å²) in [6.07, 6.45) is 7.26. The number of furan rings is 1. The number of ether oxygens (including phenoxy) is 1. The molecule has 0 aromatic carbocycles. The molecule has 1 aliphatic rings. The average Bonchev–Trinajstić information content (AvgIpc) is 2.92. The van der Waals surface area contributed by atoms with Gasteiger partial charge in [-0.1, -0.05) is 0 Å². The lowest BCUT2D eigenvalue weighted by molar-refractivity contribution is 0.0489. The minimum atomic E-state index is -0.442. The third-order valence-electron chi connectivity index (χ3n) is 3.98. The molecule has 0 saturated heterocycles. The maximum Gasteiger partial charge on any atom is 0.407 e. The zero-order valence-electron chi connectivity index (χ0n) is 14.0. The number of amides is 1. The number of hydrogen-bond donors (Lipinski definition) is 2. The molecule has 124 valence electrons. The monoisotopic (exact) mass is 308 g/mol. The van der Waals surface area contributed by atoms with Crippen molar-refractivity contribution in [1.82, 2.24) is 10.6 Å². The van der Waals surface area contributed by atoms with Gasteiger partial charge in [0.25, 0.3) is 0 Å². The number of alkyl carbamates (subject to hydrolysis) is 1. The molecule has 0 radical (unpaired) electrons. The molecule has 1 fully saturated rings. The van der Waals surface area contributed by atoms with Crippen molar-refractivity contribution in [2.24, 2.45) is 0 Å². The first-order valence-electron chi connectivity index (χ1n) is 8.11. The Morgan fingerprint density at radius 3 is 2.45 bits per heavy atom. The molecule has 1 heterocycles. The van der Waals surface area contributed by atoms with Crippen molar-refractivity contribution in [2.45, 2.75) is 77.1 Å². The summed E-state index contributed by atoms with van der Waals surface area (Å²) in [6.45, 7) is 7.79. The van der Waals surface area contributed by atoms with Crippen LogP contribution >= 0.6 is 0 Å². The topological polar surface area (TPSA) is 63.5 Å². The third-order valence-corrected chi connectivity index (χ3v) is 3.98. The molecule has 1 unspecified atom stereocenters. The van der Waals surface area contributed by atoms with E-state index in [4.69, 9.17) is 9.15 Å². The van der Waals surface area contributed by atoms with Crippen LogP contribution in [0.15, 0.2) is 23.0 Å². The first-order chi connectivity index (χ1) is 10.3. The second-order valence-electron chi connectivity index (χ2n) is 7.14. The summed E-state index contributed by atoms with van der Waals surface area (Å²) in [7, 11) is 0. The van der Waals surface area contributed by atoms with Crippen molar-refractivity contribution in [2.75, 3.05) is 0 Å². The van der Waals surface area contributed by atoms with E-state index in [0.717, 1.165) is 25.7 Å². The molecule has 1 amide bonds. The second-order valence-corrected chi connectivity index (χ2v) is 7.14. The zero-order valence-corrected chi connectivity index (χ0v) is 14.0. The quantitative estimate of drug-likeness (QED) is 0.889. The van der Waals surface area contributed by atoms with Gasteiger partial charge in [0.15, 0.2) is 0 Å². The Hall–Kier alpha value is -1.49. The van der Waals surface area contributed by atoms with E-state index in [9.17, 15) is 4.79 Å². The summed E-state index contributed by atoms with van der Waals surface area (Å²) in [5, 5.41) is 6.60. The first-order valence-corrected chi connectivity index (χ1v) is 8.11. The van der Waals surface area contributed by atoms with Crippen LogP contribution < -0.4 is 10.6 Å². The van der Waals surface area contributed by atoms with Gasteiger partial charge in [-0.05, 0) is 59.4 Å². The minimum Gasteiger partial charge on any atom is -0.472 e. The molecule has 5 heteroatoms. The highest BCUT2D eigenvalue weighted by Gasteiger charge is 2.25. The van der Waals surface area contributed by atoms with Crippen molar-refractivity contribution in [3.8, 4) is 0 Å². The fourth-order valence-electron chi connectivity index (χ4n) is 2.85. The summed E-state index contributed by atoms with van der Waals surface area (Å²) < 4.78 is 10.4. The predicted octanol–water partition coefficient (Wildman–Crippen LogP) is 3.77. The van der Waals surface area contributed by atoms with Crippen molar-refractivity contribution in [3.63, 3.8) is 0 Å². The maximum absolute atomic E-state index is 11.8. The number of carbonyl (C=O) groups is 1. The molecule has 5 nitrogen and oxygen atoms in total. The van der Waals surface area contributed by atoms with E-state index >= 15 is 0 Å². The second kappa shape index (κ2) is 7.18. The molecule has 0 aliphatic heterocycles. The number of rotatable bonds is 4. The van der Waals surface area contributed by atoms with E-state index in [1.807, 2.05) is 26.8 Å². The van der Waals surface area contributed by atoms with Gasteiger partial charge in [0.2, 0.25) is 0 Å². The fraction of sp³-hybridized carbons (Fsp3) is 0.706. The summed E-state index contributed by atoms with van der Waals surface area (Å²) >= 11 is 0. The van der Waals surface area contributed by atoms with Gasteiger partial charge in [-0.2, -0.15) is 0 Å². The van der Waals surface area contributed by atoms with Gasteiger partial charge in [0.05, 0.1) is 12.5 Å². The van der Waals surface area contributed by atoms with Gasteiger partial charge in [0, 0.05) is 23.7 Å². The average molecular weight is 308 g/mol. The molecule has 1 atom stereocenters. The van der Waals surface area contributed by atoms with Gasteiger partial charge in [-0.3, -0.25) is 0 Å².